The van der Waals surface area contributed by atoms with Gasteiger partial charge in [0.25, 0.3) is 0 Å². The van der Waals surface area contributed by atoms with E-state index in [0.29, 0.717) is 0 Å². The fourth-order valence-corrected chi connectivity index (χ4v) is 1.24. The van der Waals surface area contributed by atoms with Gasteiger partial charge in [0.1, 0.15) is 11.6 Å². The summed E-state index contributed by atoms with van der Waals surface area (Å²) in [5, 5.41) is 2.52. The summed E-state index contributed by atoms with van der Waals surface area (Å²) in [6.45, 7) is 0.278. The Balaban J connectivity index is 2.50. The lowest BCUT2D eigenvalue weighted by Crippen LogP contribution is -2.26. The molecule has 0 saturated carbocycles. The second-order valence-corrected chi connectivity index (χ2v) is 3.31. The van der Waals surface area contributed by atoms with Gasteiger partial charge in [-0.1, -0.05) is 0 Å². The van der Waals surface area contributed by atoms with Crippen LogP contribution < -0.4 is 5.32 Å². The molecule has 0 aliphatic carbocycles. The first-order valence-electron chi connectivity index (χ1n) is 4.45. The van der Waals surface area contributed by atoms with E-state index in [1.165, 1.54) is 0 Å². The summed E-state index contributed by atoms with van der Waals surface area (Å²) >= 11 is 3.77. The molecule has 0 aromatic heterocycles. The van der Waals surface area contributed by atoms with E-state index in [4.69, 9.17) is 0 Å². The molecule has 1 rings (SSSR count). The summed E-state index contributed by atoms with van der Waals surface area (Å²) < 4.78 is 25.8. The van der Waals surface area contributed by atoms with Crippen molar-refractivity contribution in [2.24, 2.45) is 0 Å². The van der Waals surface area contributed by atoms with E-state index in [1.54, 1.807) is 0 Å². The zero-order valence-electron chi connectivity index (χ0n) is 7.96. The largest absolute Gasteiger partial charge is 0.355 e. The van der Waals surface area contributed by atoms with Crippen molar-refractivity contribution in [3.8, 4) is 0 Å². The number of hydrogen-bond acceptors (Lipinski definition) is 2. The maximum atomic E-state index is 13.1. The molecule has 82 valence electrons. The molecule has 1 amide bonds. The fourth-order valence-electron chi connectivity index (χ4n) is 1.13. The molecule has 1 aromatic carbocycles. The van der Waals surface area contributed by atoms with E-state index in [-0.39, 0.29) is 30.2 Å². The molecule has 0 aliphatic heterocycles. The highest BCUT2D eigenvalue weighted by Gasteiger charge is 2.04. The first kappa shape index (κ1) is 12.0. The van der Waals surface area contributed by atoms with Crippen LogP contribution in [0.4, 0.5) is 8.78 Å². The molecule has 0 fully saturated rings. The predicted octanol–water partition coefficient (Wildman–Crippen LogP) is 1.55. The van der Waals surface area contributed by atoms with E-state index >= 15 is 0 Å². The first-order chi connectivity index (χ1) is 7.13. The average molecular weight is 231 g/mol. The number of amides is 1. The number of benzene rings is 1. The Bertz CT molecular complexity index is 357. The molecule has 0 atom stereocenters. The number of nitrogens with one attached hydrogen (secondary N) is 1. The van der Waals surface area contributed by atoms with Gasteiger partial charge in [-0.25, -0.2) is 8.78 Å². The predicted molar refractivity (Wildman–Crippen MR) is 56.9 cm³/mol. The van der Waals surface area contributed by atoms with Gasteiger partial charge in [-0.3, -0.25) is 4.79 Å². The third-order valence-electron chi connectivity index (χ3n) is 1.87. The number of carbonyl (C=O) groups excluding carboxylic acids is 1. The first-order valence-corrected chi connectivity index (χ1v) is 5.08. The summed E-state index contributed by atoms with van der Waals surface area (Å²) in [5.74, 6) is -1.08. The molecule has 0 unspecified atom stereocenters. The Labute approximate surface area is 92.1 Å². The van der Waals surface area contributed by atoms with Crippen LogP contribution in [0.1, 0.15) is 5.56 Å². The van der Waals surface area contributed by atoms with Crippen molar-refractivity contribution < 1.29 is 13.6 Å². The quantitative estimate of drug-likeness (QED) is 0.756. The van der Waals surface area contributed by atoms with Crippen molar-refractivity contribution in [2.45, 2.75) is 6.42 Å². The highest BCUT2D eigenvalue weighted by molar-refractivity contribution is 7.81. The molecule has 0 saturated heterocycles. The molecule has 15 heavy (non-hydrogen) atoms. The van der Waals surface area contributed by atoms with Crippen LogP contribution in [0.3, 0.4) is 0 Å². The van der Waals surface area contributed by atoms with Crippen LogP contribution in [-0.4, -0.2) is 18.2 Å². The minimum Gasteiger partial charge on any atom is -0.355 e. The number of hydrogen-bond donors (Lipinski definition) is 2. The van der Waals surface area contributed by atoms with Crippen LogP contribution in [-0.2, 0) is 11.2 Å². The monoisotopic (exact) mass is 231 g/mol. The van der Waals surface area contributed by atoms with Crippen molar-refractivity contribution in [2.75, 3.05) is 12.3 Å². The van der Waals surface area contributed by atoms with E-state index in [0.717, 1.165) is 18.2 Å². The summed E-state index contributed by atoms with van der Waals surface area (Å²) in [5.41, 5.74) is 0.259. The zero-order valence-corrected chi connectivity index (χ0v) is 8.86. The number of carbonyl (C=O) groups is 1. The lowest BCUT2D eigenvalue weighted by Gasteiger charge is -2.04. The Morgan fingerprint density at radius 3 is 2.80 bits per heavy atom. The third-order valence-corrected chi connectivity index (χ3v) is 2.16. The lowest BCUT2D eigenvalue weighted by molar-refractivity contribution is -0.118. The minimum absolute atomic E-state index is 0.0889. The van der Waals surface area contributed by atoms with Crippen LogP contribution in [0.2, 0.25) is 0 Å². The van der Waals surface area contributed by atoms with E-state index in [2.05, 4.69) is 17.9 Å². The molecule has 0 heterocycles. The van der Waals surface area contributed by atoms with Crippen LogP contribution in [0.5, 0.6) is 0 Å². The number of rotatable bonds is 4. The van der Waals surface area contributed by atoms with Gasteiger partial charge < -0.3 is 5.32 Å². The van der Waals surface area contributed by atoms with Crippen molar-refractivity contribution >= 4 is 18.5 Å². The van der Waals surface area contributed by atoms with Gasteiger partial charge in [-0.15, -0.1) is 0 Å². The van der Waals surface area contributed by atoms with Gasteiger partial charge in [0.2, 0.25) is 5.91 Å². The highest BCUT2D eigenvalue weighted by atomic mass is 32.1. The molecule has 5 heteroatoms. The van der Waals surface area contributed by atoms with Crippen molar-refractivity contribution in [3.63, 3.8) is 0 Å². The normalized spacial score (nSPS) is 10.1. The topological polar surface area (TPSA) is 29.1 Å². The van der Waals surface area contributed by atoms with Gasteiger partial charge in [-0.2, -0.15) is 12.6 Å². The fraction of sp³-hybridized carbons (Fsp3) is 0.300. The van der Waals surface area contributed by atoms with Crippen LogP contribution in [0.25, 0.3) is 0 Å². The molecule has 2 nitrogen and oxygen atoms in total. The van der Waals surface area contributed by atoms with Gasteiger partial charge in [0.15, 0.2) is 0 Å². The van der Waals surface area contributed by atoms with E-state index in [1.807, 2.05) is 0 Å². The van der Waals surface area contributed by atoms with Crippen LogP contribution in [0, 0.1) is 11.6 Å². The molecular weight excluding hydrogens is 220 g/mol. The molecule has 1 aromatic rings. The highest BCUT2D eigenvalue weighted by Crippen LogP contribution is 2.09. The molecule has 0 aliphatic rings. The van der Waals surface area contributed by atoms with E-state index < -0.39 is 11.6 Å². The Morgan fingerprint density at radius 1 is 1.40 bits per heavy atom. The molecule has 0 spiro atoms. The molecule has 0 bridgehead atoms. The molecule has 1 N–H and O–H groups in total. The van der Waals surface area contributed by atoms with E-state index in [9.17, 15) is 13.6 Å². The van der Waals surface area contributed by atoms with Crippen molar-refractivity contribution in [1.29, 1.82) is 0 Å². The molecule has 0 radical (unpaired) electrons. The van der Waals surface area contributed by atoms with Crippen molar-refractivity contribution in [3.05, 3.63) is 35.4 Å². The van der Waals surface area contributed by atoms with Gasteiger partial charge in [0.05, 0.1) is 5.75 Å². The molecular formula is C10H11F2NOS. The van der Waals surface area contributed by atoms with Crippen molar-refractivity contribution in [1.82, 2.24) is 5.32 Å². The third kappa shape index (κ3) is 3.87. The Morgan fingerprint density at radius 2 is 2.13 bits per heavy atom. The number of halogens is 2. The zero-order chi connectivity index (χ0) is 11.3. The second-order valence-electron chi connectivity index (χ2n) is 2.99. The number of thiol groups is 1. The van der Waals surface area contributed by atoms with Crippen LogP contribution in [0.15, 0.2) is 18.2 Å². The summed E-state index contributed by atoms with van der Waals surface area (Å²) in [7, 11) is 0. The maximum Gasteiger partial charge on any atom is 0.229 e. The maximum absolute atomic E-state index is 13.1. The second kappa shape index (κ2) is 5.70. The Hall–Kier alpha value is -1.10. The van der Waals surface area contributed by atoms with Gasteiger partial charge in [-0.05, 0) is 30.2 Å². The summed E-state index contributed by atoms with van der Waals surface area (Å²) in [6, 6.07) is 3.26. The standard InChI is InChI=1S/C10H11F2NOS/c11-8-1-2-9(12)7(5-8)3-4-13-10(14)6-15/h1-2,5,15H,3-4,6H2,(H,13,14). The smallest absolute Gasteiger partial charge is 0.229 e. The Kier molecular flexibility index (Phi) is 4.55. The lowest BCUT2D eigenvalue weighted by atomic mass is 10.1. The van der Waals surface area contributed by atoms with Crippen LogP contribution >= 0.6 is 12.6 Å². The SMILES string of the molecule is O=C(CS)NCCc1cc(F)ccc1F. The average Bonchev–Trinajstić information content (AvgIpc) is 2.23. The summed E-state index contributed by atoms with van der Waals surface area (Å²) in [6.07, 6.45) is 0.267. The van der Waals surface area contributed by atoms with Gasteiger partial charge >= 0.3 is 0 Å². The minimum atomic E-state index is -0.480. The van der Waals surface area contributed by atoms with Gasteiger partial charge in [0, 0.05) is 6.54 Å². The summed E-state index contributed by atoms with van der Waals surface area (Å²) in [4.78, 5) is 10.8.